The third-order valence-electron chi connectivity index (χ3n) is 9.63. The lowest BCUT2D eigenvalue weighted by Crippen LogP contribution is -2.53. The van der Waals surface area contributed by atoms with E-state index in [0.29, 0.717) is 22.3 Å². The van der Waals surface area contributed by atoms with E-state index in [9.17, 15) is 10.1 Å². The summed E-state index contributed by atoms with van der Waals surface area (Å²) in [6, 6.07) is 24.8. The van der Waals surface area contributed by atoms with E-state index >= 15 is 0 Å². The number of fused-ring (bicyclic) bond motifs is 1. The topological polar surface area (TPSA) is 58.3 Å². The van der Waals surface area contributed by atoms with E-state index in [1.165, 1.54) is 31.2 Å². The van der Waals surface area contributed by atoms with E-state index in [4.69, 9.17) is 16.3 Å². The molecule has 0 radical (unpaired) electrons. The molecular formula is C34H32ClN3O2. The Kier molecular flexibility index (Phi) is 6.41. The van der Waals surface area contributed by atoms with Crippen LogP contribution in [0.4, 0.5) is 0 Å². The monoisotopic (exact) mass is 549 g/mol. The number of halogens is 1. The number of hydrogen-bond acceptors (Lipinski definition) is 4. The number of hydrogen-bond donors (Lipinski definition) is 0. The van der Waals surface area contributed by atoms with Crippen molar-refractivity contribution in [3.8, 4) is 12.0 Å². The Labute approximate surface area is 239 Å². The number of nitriles is 1. The first-order chi connectivity index (χ1) is 19.6. The lowest BCUT2D eigenvalue weighted by Gasteiger charge is -2.44. The first kappa shape index (κ1) is 25.4. The molecule has 3 unspecified atom stereocenters. The van der Waals surface area contributed by atoms with Crippen LogP contribution in [0.1, 0.15) is 53.6 Å². The van der Waals surface area contributed by atoms with Crippen molar-refractivity contribution in [2.24, 2.45) is 11.3 Å². The van der Waals surface area contributed by atoms with Crippen molar-refractivity contribution in [1.29, 1.82) is 5.26 Å². The van der Waals surface area contributed by atoms with Crippen LogP contribution in [0.3, 0.4) is 0 Å². The summed E-state index contributed by atoms with van der Waals surface area (Å²) >= 11 is 6.06. The van der Waals surface area contributed by atoms with Crippen molar-refractivity contribution in [2.45, 2.75) is 57.2 Å². The predicted molar refractivity (Wildman–Crippen MR) is 156 cm³/mol. The molecule has 6 heteroatoms. The number of rotatable bonds is 10. The molecule has 3 aliphatic rings. The van der Waals surface area contributed by atoms with Crippen LogP contribution in [0.25, 0.3) is 10.9 Å². The quantitative estimate of drug-likeness (QED) is 0.154. The van der Waals surface area contributed by atoms with Gasteiger partial charge >= 0.3 is 0 Å². The molecule has 3 aromatic carbocycles. The molecular weight excluding hydrogens is 518 g/mol. The molecule has 202 valence electrons. The van der Waals surface area contributed by atoms with Crippen LogP contribution in [0.5, 0.6) is 5.75 Å². The van der Waals surface area contributed by atoms with Gasteiger partial charge in [0.2, 0.25) is 0 Å². The van der Waals surface area contributed by atoms with Gasteiger partial charge in [-0.1, -0.05) is 66.2 Å². The molecule has 0 amide bonds. The summed E-state index contributed by atoms with van der Waals surface area (Å²) in [5.74, 6) is 1.29. The van der Waals surface area contributed by atoms with Gasteiger partial charge < -0.3 is 9.30 Å². The van der Waals surface area contributed by atoms with Gasteiger partial charge in [-0.2, -0.15) is 0 Å². The molecule has 0 bridgehead atoms. The van der Waals surface area contributed by atoms with Gasteiger partial charge in [0.05, 0.1) is 5.52 Å². The van der Waals surface area contributed by atoms with Crippen molar-refractivity contribution >= 4 is 28.3 Å². The minimum absolute atomic E-state index is 0.0143. The maximum Gasteiger partial charge on any atom is 0.292 e. The number of carbonyl (C=O) groups excluding carboxylic acids is 1. The second kappa shape index (κ2) is 10.1. The third kappa shape index (κ3) is 4.31. The molecule has 1 aliphatic heterocycles. The second-order valence-electron chi connectivity index (χ2n) is 11.8. The Bertz CT molecular complexity index is 1610. The van der Waals surface area contributed by atoms with Gasteiger partial charge in [0.15, 0.2) is 11.5 Å². The molecule has 1 saturated heterocycles. The zero-order valence-corrected chi connectivity index (χ0v) is 23.2. The lowest BCUT2D eigenvalue weighted by atomic mass is 9.89. The van der Waals surface area contributed by atoms with E-state index in [1.54, 1.807) is 6.07 Å². The average molecular weight is 550 g/mol. The standard InChI is InChI=1S/C34H32ClN3O2/c35-26-14-12-23(13-15-26)10-11-24-18-30-34(19-24)20-31(34)38(30)17-5-16-37-21-28(33(39)25-6-2-1-3-7-25)27-8-4-9-29(32(27)37)40-22-36/h1-4,6-9,12-15,21,24,30-31H,5,10-11,16-20H2/t24?,30?,31-,34?/m1/s1. The summed E-state index contributed by atoms with van der Waals surface area (Å²) < 4.78 is 7.44. The summed E-state index contributed by atoms with van der Waals surface area (Å²) in [4.78, 5) is 16.2. The highest BCUT2D eigenvalue weighted by molar-refractivity contribution is 6.30. The molecule has 2 heterocycles. The summed E-state index contributed by atoms with van der Waals surface area (Å²) in [5.41, 5.74) is 4.10. The highest BCUT2D eigenvalue weighted by Gasteiger charge is 2.74. The first-order valence-corrected chi connectivity index (χ1v) is 14.7. The number of aryl methyl sites for hydroxylation is 2. The molecule has 2 saturated carbocycles. The maximum absolute atomic E-state index is 13.4. The number of ketones is 1. The van der Waals surface area contributed by atoms with Crippen molar-refractivity contribution in [2.75, 3.05) is 6.54 Å². The Morgan fingerprint density at radius 3 is 2.62 bits per heavy atom. The molecule has 4 atom stereocenters. The van der Waals surface area contributed by atoms with Gasteiger partial charge in [0.1, 0.15) is 0 Å². The van der Waals surface area contributed by atoms with Crippen LogP contribution in [0, 0.1) is 22.9 Å². The van der Waals surface area contributed by atoms with Crippen LogP contribution in [-0.2, 0) is 13.0 Å². The Hall–Kier alpha value is -3.59. The number of aromatic nitrogens is 1. The van der Waals surface area contributed by atoms with Crippen molar-refractivity contribution in [3.63, 3.8) is 0 Å². The van der Waals surface area contributed by atoms with E-state index in [2.05, 4.69) is 21.6 Å². The zero-order chi connectivity index (χ0) is 27.3. The largest absolute Gasteiger partial charge is 0.386 e. The Balaban J connectivity index is 1.03. The highest BCUT2D eigenvalue weighted by Crippen LogP contribution is 2.72. The number of likely N-dealkylation sites (tertiary alicyclic amines) is 1. The molecule has 3 fully saturated rings. The summed E-state index contributed by atoms with van der Waals surface area (Å²) in [6.45, 7) is 1.83. The molecule has 5 nitrogen and oxygen atoms in total. The second-order valence-corrected chi connectivity index (χ2v) is 12.2. The van der Waals surface area contributed by atoms with Gasteiger partial charge in [-0.15, -0.1) is 5.26 Å². The smallest absolute Gasteiger partial charge is 0.292 e. The lowest BCUT2D eigenvalue weighted by molar-refractivity contribution is 0.0329. The van der Waals surface area contributed by atoms with Gasteiger partial charge in [-0.3, -0.25) is 9.69 Å². The van der Waals surface area contributed by atoms with Crippen molar-refractivity contribution in [1.82, 2.24) is 9.47 Å². The first-order valence-electron chi connectivity index (χ1n) is 14.3. The molecule has 40 heavy (non-hydrogen) atoms. The predicted octanol–water partition coefficient (Wildman–Crippen LogP) is 7.26. The normalized spacial score (nSPS) is 24.6. The average Bonchev–Trinajstić information content (AvgIpc) is 3.27. The number of ether oxygens (including phenoxy) is 1. The van der Waals surface area contributed by atoms with Crippen LogP contribution < -0.4 is 4.74 Å². The minimum Gasteiger partial charge on any atom is -0.386 e. The maximum atomic E-state index is 13.4. The van der Waals surface area contributed by atoms with Gasteiger partial charge in [0.25, 0.3) is 6.26 Å². The van der Waals surface area contributed by atoms with Crippen LogP contribution in [-0.4, -0.2) is 33.9 Å². The van der Waals surface area contributed by atoms with E-state index in [-0.39, 0.29) is 5.78 Å². The van der Waals surface area contributed by atoms with Crippen LogP contribution in [0.15, 0.2) is 79.0 Å². The van der Waals surface area contributed by atoms with Gasteiger partial charge in [0, 0.05) is 58.3 Å². The molecule has 0 N–H and O–H groups in total. The van der Waals surface area contributed by atoms with Crippen LogP contribution in [0.2, 0.25) is 5.02 Å². The van der Waals surface area contributed by atoms with Crippen molar-refractivity contribution < 1.29 is 9.53 Å². The zero-order valence-electron chi connectivity index (χ0n) is 22.4. The highest BCUT2D eigenvalue weighted by atomic mass is 35.5. The number of nitrogens with zero attached hydrogens (tertiary/aromatic N) is 3. The number of para-hydroxylation sites is 1. The summed E-state index contributed by atoms with van der Waals surface area (Å²) in [6.07, 6.45) is 11.2. The summed E-state index contributed by atoms with van der Waals surface area (Å²) in [7, 11) is 0. The van der Waals surface area contributed by atoms with Crippen LogP contribution >= 0.6 is 11.6 Å². The summed E-state index contributed by atoms with van der Waals surface area (Å²) in [5, 5.41) is 10.9. The Morgan fingerprint density at radius 2 is 1.82 bits per heavy atom. The van der Waals surface area contributed by atoms with Gasteiger partial charge in [-0.05, 0) is 68.2 Å². The number of benzene rings is 3. The van der Waals surface area contributed by atoms with E-state index in [0.717, 1.165) is 59.9 Å². The molecule has 7 rings (SSSR count). The molecule has 1 aromatic heterocycles. The van der Waals surface area contributed by atoms with Crippen molar-refractivity contribution in [3.05, 3.63) is 101 Å². The van der Waals surface area contributed by atoms with E-state index < -0.39 is 0 Å². The Morgan fingerprint density at radius 1 is 1.00 bits per heavy atom. The number of carbonyl (C=O) groups is 1. The fraction of sp³-hybridized carbons (Fsp3) is 0.353. The molecule has 1 spiro atoms. The molecule has 2 aliphatic carbocycles. The SMILES string of the molecule is N#COc1cccc2c(C(=O)c3ccccc3)cn(CCCN3C4CC(CCc5ccc(Cl)cc5)CC45C[C@@H]35)c12. The minimum atomic E-state index is -0.0143. The van der Waals surface area contributed by atoms with Gasteiger partial charge in [-0.25, -0.2) is 0 Å². The third-order valence-corrected chi connectivity index (χ3v) is 9.89. The molecule has 4 aromatic rings. The fourth-order valence-corrected chi connectivity index (χ4v) is 7.90. The fourth-order valence-electron chi connectivity index (χ4n) is 7.77. The van der Waals surface area contributed by atoms with E-state index in [1.807, 2.05) is 67.0 Å².